The second-order valence-corrected chi connectivity index (χ2v) is 3.53. The fourth-order valence-corrected chi connectivity index (χ4v) is 1.59. The molecule has 0 bridgehead atoms. The van der Waals surface area contributed by atoms with Crippen molar-refractivity contribution in [1.82, 2.24) is 0 Å². The molecule has 80 valence electrons. The van der Waals surface area contributed by atoms with Crippen molar-refractivity contribution in [1.29, 1.82) is 10.5 Å². The van der Waals surface area contributed by atoms with Crippen molar-refractivity contribution in [2.45, 2.75) is 0 Å². The third kappa shape index (κ3) is 2.30. The van der Waals surface area contributed by atoms with Crippen LogP contribution in [0.15, 0.2) is 42.5 Å². The Hall–Kier alpha value is -2.65. The number of nitriles is 2. The zero-order valence-electron chi connectivity index (χ0n) is 8.81. The summed E-state index contributed by atoms with van der Waals surface area (Å²) in [6.07, 6.45) is 0. The second kappa shape index (κ2) is 4.47. The van der Waals surface area contributed by atoms with Crippen LogP contribution in [-0.4, -0.2) is 0 Å². The summed E-state index contributed by atoms with van der Waals surface area (Å²) in [5, 5.41) is 17.6. The van der Waals surface area contributed by atoms with Crippen LogP contribution in [0, 0.1) is 28.5 Å². The summed E-state index contributed by atoms with van der Waals surface area (Å²) in [4.78, 5) is 0. The van der Waals surface area contributed by atoms with Crippen LogP contribution >= 0.6 is 0 Å². The van der Waals surface area contributed by atoms with Gasteiger partial charge < -0.3 is 0 Å². The number of benzene rings is 2. The normalized spacial score (nSPS) is 9.35. The Balaban J connectivity index is 2.57. The molecule has 2 nitrogen and oxygen atoms in total. The number of halogens is 1. The lowest BCUT2D eigenvalue weighted by Gasteiger charge is -2.03. The zero-order chi connectivity index (χ0) is 12.3. The van der Waals surface area contributed by atoms with Crippen LogP contribution < -0.4 is 0 Å². The largest absolute Gasteiger partial charge is 0.207 e. The third-order valence-corrected chi connectivity index (χ3v) is 2.35. The van der Waals surface area contributed by atoms with E-state index in [1.807, 2.05) is 12.1 Å². The average Bonchev–Trinajstić information content (AvgIpc) is 2.38. The fourth-order valence-electron chi connectivity index (χ4n) is 1.59. The van der Waals surface area contributed by atoms with Gasteiger partial charge >= 0.3 is 0 Å². The Bertz CT molecular complexity index is 648. The molecule has 0 aliphatic heterocycles. The predicted molar refractivity (Wildman–Crippen MR) is 61.3 cm³/mol. The molecule has 0 saturated heterocycles. The molecule has 0 saturated carbocycles. The maximum atomic E-state index is 13.3. The summed E-state index contributed by atoms with van der Waals surface area (Å²) >= 11 is 0. The van der Waals surface area contributed by atoms with Crippen LogP contribution in [-0.2, 0) is 0 Å². The first-order chi connectivity index (χ1) is 8.22. The smallest absolute Gasteiger partial charge is 0.125 e. The van der Waals surface area contributed by atoms with Gasteiger partial charge in [-0.05, 0) is 41.5 Å². The molecule has 2 aromatic rings. The fraction of sp³-hybridized carbons (Fsp3) is 0. The van der Waals surface area contributed by atoms with Gasteiger partial charge in [0.25, 0.3) is 0 Å². The van der Waals surface area contributed by atoms with Gasteiger partial charge in [0, 0.05) is 0 Å². The summed E-state index contributed by atoms with van der Waals surface area (Å²) in [6.45, 7) is 0. The number of hydrogen-bond acceptors (Lipinski definition) is 2. The highest BCUT2D eigenvalue weighted by atomic mass is 19.1. The van der Waals surface area contributed by atoms with Gasteiger partial charge in [0.2, 0.25) is 0 Å². The minimum atomic E-state index is -0.457. The SMILES string of the molecule is N#Cc1cccc(-c2cc(F)cc(C#N)c2)c1. The van der Waals surface area contributed by atoms with Gasteiger partial charge in [-0.3, -0.25) is 0 Å². The zero-order valence-corrected chi connectivity index (χ0v) is 8.81. The molecular weight excluding hydrogens is 215 g/mol. The van der Waals surface area contributed by atoms with E-state index in [4.69, 9.17) is 10.5 Å². The second-order valence-electron chi connectivity index (χ2n) is 3.53. The minimum Gasteiger partial charge on any atom is -0.207 e. The molecule has 2 rings (SSSR count). The first kappa shape index (κ1) is 10.9. The molecule has 2 aromatic carbocycles. The van der Waals surface area contributed by atoms with Crippen molar-refractivity contribution >= 4 is 0 Å². The highest BCUT2D eigenvalue weighted by molar-refractivity contribution is 5.66. The highest BCUT2D eigenvalue weighted by Crippen LogP contribution is 2.22. The Morgan fingerprint density at radius 1 is 0.824 bits per heavy atom. The molecule has 0 heterocycles. The first-order valence-electron chi connectivity index (χ1n) is 4.94. The molecule has 17 heavy (non-hydrogen) atoms. The first-order valence-corrected chi connectivity index (χ1v) is 4.94. The molecule has 0 unspecified atom stereocenters. The molecule has 0 amide bonds. The Labute approximate surface area is 98.2 Å². The molecule has 0 atom stereocenters. The maximum absolute atomic E-state index is 13.3. The molecule has 0 fully saturated rings. The lowest BCUT2D eigenvalue weighted by atomic mass is 10.0. The molecular formula is C14H7FN2. The van der Waals surface area contributed by atoms with Crippen molar-refractivity contribution in [2.24, 2.45) is 0 Å². The van der Waals surface area contributed by atoms with Crippen molar-refractivity contribution < 1.29 is 4.39 Å². The molecule has 3 heteroatoms. The van der Waals surface area contributed by atoms with Crippen LogP contribution in [0.25, 0.3) is 11.1 Å². The van der Waals surface area contributed by atoms with Gasteiger partial charge in [-0.2, -0.15) is 10.5 Å². The summed E-state index contributed by atoms with van der Waals surface area (Å²) in [5.41, 5.74) is 2.09. The Morgan fingerprint density at radius 2 is 1.53 bits per heavy atom. The average molecular weight is 222 g/mol. The van der Waals surface area contributed by atoms with E-state index in [9.17, 15) is 4.39 Å². The van der Waals surface area contributed by atoms with Crippen molar-refractivity contribution in [3.8, 4) is 23.3 Å². The van der Waals surface area contributed by atoms with Crippen LogP contribution in [0.2, 0.25) is 0 Å². The van der Waals surface area contributed by atoms with Gasteiger partial charge in [-0.25, -0.2) is 4.39 Å². The van der Waals surface area contributed by atoms with Crippen molar-refractivity contribution in [3.05, 3.63) is 59.4 Å². The standard InChI is InChI=1S/C14H7FN2/c15-14-6-11(9-17)5-13(7-14)12-3-1-2-10(4-12)8-16/h1-7H. The lowest BCUT2D eigenvalue weighted by molar-refractivity contribution is 0.628. The van der Waals surface area contributed by atoms with E-state index in [-0.39, 0.29) is 5.56 Å². The van der Waals surface area contributed by atoms with E-state index in [0.29, 0.717) is 11.1 Å². The molecule has 0 N–H and O–H groups in total. The highest BCUT2D eigenvalue weighted by Gasteiger charge is 2.03. The van der Waals surface area contributed by atoms with Crippen molar-refractivity contribution in [2.75, 3.05) is 0 Å². The van der Waals surface area contributed by atoms with E-state index in [0.717, 1.165) is 5.56 Å². The van der Waals surface area contributed by atoms with Crippen LogP contribution in [0.1, 0.15) is 11.1 Å². The van der Waals surface area contributed by atoms with Gasteiger partial charge in [-0.15, -0.1) is 0 Å². The lowest BCUT2D eigenvalue weighted by Crippen LogP contribution is -1.85. The van der Waals surface area contributed by atoms with E-state index >= 15 is 0 Å². The summed E-state index contributed by atoms with van der Waals surface area (Å²) in [5.74, 6) is -0.457. The van der Waals surface area contributed by atoms with E-state index in [1.54, 1.807) is 30.3 Å². The summed E-state index contributed by atoms with van der Waals surface area (Å²) in [6, 6.07) is 14.9. The number of rotatable bonds is 1. The molecule has 0 aromatic heterocycles. The monoisotopic (exact) mass is 222 g/mol. The van der Waals surface area contributed by atoms with Crippen molar-refractivity contribution in [3.63, 3.8) is 0 Å². The van der Waals surface area contributed by atoms with Gasteiger partial charge in [0.05, 0.1) is 23.3 Å². The minimum absolute atomic E-state index is 0.266. The third-order valence-electron chi connectivity index (χ3n) is 2.35. The van der Waals surface area contributed by atoms with E-state index in [1.165, 1.54) is 12.1 Å². The topological polar surface area (TPSA) is 47.6 Å². The van der Waals surface area contributed by atoms with E-state index < -0.39 is 5.82 Å². The van der Waals surface area contributed by atoms with Gasteiger partial charge in [0.15, 0.2) is 0 Å². The molecule has 0 spiro atoms. The van der Waals surface area contributed by atoms with Crippen LogP contribution in [0.5, 0.6) is 0 Å². The summed E-state index contributed by atoms with van der Waals surface area (Å²) in [7, 11) is 0. The number of hydrogen-bond donors (Lipinski definition) is 0. The molecule has 0 aliphatic carbocycles. The van der Waals surface area contributed by atoms with E-state index in [2.05, 4.69) is 0 Å². The van der Waals surface area contributed by atoms with Crippen LogP contribution in [0.4, 0.5) is 4.39 Å². The quantitative estimate of drug-likeness (QED) is 0.743. The summed E-state index contributed by atoms with van der Waals surface area (Å²) < 4.78 is 13.3. The van der Waals surface area contributed by atoms with Crippen LogP contribution in [0.3, 0.4) is 0 Å². The maximum Gasteiger partial charge on any atom is 0.125 e. The molecule has 0 aliphatic rings. The van der Waals surface area contributed by atoms with Gasteiger partial charge in [0.1, 0.15) is 5.82 Å². The number of nitrogens with zero attached hydrogens (tertiary/aromatic N) is 2. The predicted octanol–water partition coefficient (Wildman–Crippen LogP) is 3.24. The molecule has 0 radical (unpaired) electrons. The Kier molecular flexibility index (Phi) is 2.85. The Morgan fingerprint density at radius 3 is 2.24 bits per heavy atom. The van der Waals surface area contributed by atoms with Gasteiger partial charge in [-0.1, -0.05) is 12.1 Å².